The maximum absolute atomic E-state index is 13.0. The highest BCUT2D eigenvalue weighted by atomic mass is 32.2. The van der Waals surface area contributed by atoms with Crippen molar-refractivity contribution >= 4 is 26.0 Å². The van der Waals surface area contributed by atoms with Gasteiger partial charge in [0.15, 0.2) is 0 Å². The van der Waals surface area contributed by atoms with Crippen LogP contribution in [0, 0.1) is 0 Å². The van der Waals surface area contributed by atoms with Crippen LogP contribution >= 0.6 is 0 Å². The van der Waals surface area contributed by atoms with Gasteiger partial charge in [-0.05, 0) is 43.5 Å². The molecule has 0 bridgehead atoms. The Morgan fingerprint density at radius 1 is 0.781 bits per heavy atom. The lowest BCUT2D eigenvalue weighted by molar-refractivity contribution is 0.0764. The summed E-state index contributed by atoms with van der Waals surface area (Å²) in [5.41, 5.74) is 0.383. The highest BCUT2D eigenvalue weighted by Gasteiger charge is 2.30. The van der Waals surface area contributed by atoms with E-state index in [4.69, 9.17) is 0 Å². The molecule has 2 aliphatic heterocycles. The fourth-order valence-electron chi connectivity index (χ4n) is 4.05. The molecule has 1 aromatic carbocycles. The van der Waals surface area contributed by atoms with Crippen molar-refractivity contribution in [3.8, 4) is 0 Å². The molecule has 2 aliphatic rings. The van der Waals surface area contributed by atoms with E-state index in [1.165, 1.54) is 50.0 Å². The van der Waals surface area contributed by atoms with Gasteiger partial charge in [-0.15, -0.1) is 0 Å². The minimum Gasteiger partial charge on any atom is -0.337 e. The van der Waals surface area contributed by atoms with Crippen LogP contribution in [0.1, 0.15) is 29.6 Å². The van der Waals surface area contributed by atoms with Crippen LogP contribution in [0.25, 0.3) is 0 Å². The number of hydrogen-bond acceptors (Lipinski definition) is 6. The number of hydrogen-bond donors (Lipinski definition) is 0. The SMILES string of the molecule is Cn1cc(S(=O)(=O)N2CCCN(C(=O)c3ccc(S(=O)(=O)N4CCCC4)cc3)CC2)cn1. The molecule has 2 saturated heterocycles. The lowest BCUT2D eigenvalue weighted by Gasteiger charge is -2.22. The fraction of sp³-hybridized carbons (Fsp3) is 0.500. The molecule has 0 saturated carbocycles. The van der Waals surface area contributed by atoms with Crippen molar-refractivity contribution < 1.29 is 21.6 Å². The van der Waals surface area contributed by atoms with Crippen LogP contribution in [0.2, 0.25) is 0 Å². The van der Waals surface area contributed by atoms with Crippen LogP contribution in [0.4, 0.5) is 0 Å². The first-order valence-electron chi connectivity index (χ1n) is 10.6. The first-order chi connectivity index (χ1) is 15.2. The van der Waals surface area contributed by atoms with Crippen LogP contribution in [0.15, 0.2) is 46.5 Å². The van der Waals surface area contributed by atoms with Crippen molar-refractivity contribution in [2.24, 2.45) is 7.05 Å². The van der Waals surface area contributed by atoms with Gasteiger partial charge in [-0.1, -0.05) is 0 Å². The Kier molecular flexibility index (Phi) is 6.39. The third kappa shape index (κ3) is 4.45. The fourth-order valence-corrected chi connectivity index (χ4v) is 7.02. The van der Waals surface area contributed by atoms with Gasteiger partial charge in [-0.25, -0.2) is 16.8 Å². The second-order valence-corrected chi connectivity index (χ2v) is 11.9. The molecule has 32 heavy (non-hydrogen) atoms. The molecule has 12 heteroatoms. The Morgan fingerprint density at radius 3 is 2.00 bits per heavy atom. The third-order valence-corrected chi connectivity index (χ3v) is 9.63. The molecular formula is C20H27N5O5S2. The van der Waals surface area contributed by atoms with Gasteiger partial charge in [0.05, 0.1) is 11.1 Å². The van der Waals surface area contributed by atoms with Crippen molar-refractivity contribution in [1.29, 1.82) is 0 Å². The normalized spacial score (nSPS) is 19.2. The smallest absolute Gasteiger partial charge is 0.253 e. The van der Waals surface area contributed by atoms with E-state index >= 15 is 0 Å². The van der Waals surface area contributed by atoms with Gasteiger partial charge in [0.25, 0.3) is 5.91 Å². The Labute approximate surface area is 188 Å². The van der Waals surface area contributed by atoms with Gasteiger partial charge < -0.3 is 4.90 Å². The molecule has 2 aromatic rings. The van der Waals surface area contributed by atoms with Crippen molar-refractivity contribution in [2.75, 3.05) is 39.3 Å². The lowest BCUT2D eigenvalue weighted by Crippen LogP contribution is -2.37. The van der Waals surface area contributed by atoms with Crippen LogP contribution in [-0.4, -0.2) is 85.3 Å². The van der Waals surface area contributed by atoms with Crippen molar-refractivity contribution in [3.05, 3.63) is 42.2 Å². The standard InChI is InChI=1S/C20H27N5O5S2/c1-22-16-19(15-21-22)32(29,30)25-12-4-9-23(13-14-25)20(26)17-5-7-18(8-6-17)31(27,28)24-10-2-3-11-24/h5-8,15-16H,2-4,9-14H2,1H3. The number of aromatic nitrogens is 2. The quantitative estimate of drug-likeness (QED) is 0.623. The molecular weight excluding hydrogens is 454 g/mol. The number of carbonyl (C=O) groups excluding carboxylic acids is 1. The molecule has 0 radical (unpaired) electrons. The van der Waals surface area contributed by atoms with E-state index in [0.29, 0.717) is 38.2 Å². The molecule has 4 rings (SSSR count). The molecule has 0 atom stereocenters. The number of rotatable bonds is 5. The summed E-state index contributed by atoms with van der Waals surface area (Å²) < 4.78 is 55.3. The maximum atomic E-state index is 13.0. The molecule has 2 fully saturated rings. The largest absolute Gasteiger partial charge is 0.337 e. The summed E-state index contributed by atoms with van der Waals surface area (Å²) in [7, 11) is -5.54. The molecule has 1 amide bonds. The zero-order chi connectivity index (χ0) is 22.9. The second kappa shape index (κ2) is 8.93. The van der Waals surface area contributed by atoms with Gasteiger partial charge in [-0.2, -0.15) is 13.7 Å². The topological polar surface area (TPSA) is 113 Å². The Balaban J connectivity index is 1.44. The van der Waals surface area contributed by atoms with Gasteiger partial charge in [-0.3, -0.25) is 9.48 Å². The highest BCUT2D eigenvalue weighted by Crippen LogP contribution is 2.22. The van der Waals surface area contributed by atoms with Crippen LogP contribution in [0.5, 0.6) is 0 Å². The van der Waals surface area contributed by atoms with Crippen LogP contribution in [-0.2, 0) is 27.1 Å². The summed E-state index contributed by atoms with van der Waals surface area (Å²) in [4.78, 5) is 14.9. The van der Waals surface area contributed by atoms with Gasteiger partial charge in [0, 0.05) is 58.1 Å². The zero-order valence-corrected chi connectivity index (χ0v) is 19.6. The van der Waals surface area contributed by atoms with E-state index in [1.807, 2.05) is 0 Å². The molecule has 0 unspecified atom stereocenters. The summed E-state index contributed by atoms with van der Waals surface area (Å²) >= 11 is 0. The van der Waals surface area contributed by atoms with E-state index in [2.05, 4.69) is 5.10 Å². The predicted molar refractivity (Wildman–Crippen MR) is 117 cm³/mol. The summed E-state index contributed by atoms with van der Waals surface area (Å²) in [6.45, 7) is 2.22. The van der Waals surface area contributed by atoms with Gasteiger partial charge in [0.2, 0.25) is 20.0 Å². The van der Waals surface area contributed by atoms with E-state index in [-0.39, 0.29) is 28.8 Å². The summed E-state index contributed by atoms with van der Waals surface area (Å²) in [5.74, 6) is -0.240. The van der Waals surface area contributed by atoms with E-state index in [1.54, 1.807) is 11.9 Å². The summed E-state index contributed by atoms with van der Waals surface area (Å²) in [6, 6.07) is 6.00. The Bertz CT molecular complexity index is 1190. The van der Waals surface area contributed by atoms with E-state index in [0.717, 1.165) is 12.8 Å². The van der Waals surface area contributed by atoms with Gasteiger partial charge >= 0.3 is 0 Å². The van der Waals surface area contributed by atoms with Crippen molar-refractivity contribution in [2.45, 2.75) is 29.1 Å². The molecule has 10 nitrogen and oxygen atoms in total. The number of amides is 1. The molecule has 0 spiro atoms. The Morgan fingerprint density at radius 2 is 1.38 bits per heavy atom. The molecule has 0 N–H and O–H groups in total. The zero-order valence-electron chi connectivity index (χ0n) is 17.9. The molecule has 0 aliphatic carbocycles. The molecule has 1 aromatic heterocycles. The predicted octanol–water partition coefficient (Wildman–Crippen LogP) is 0.741. The lowest BCUT2D eigenvalue weighted by atomic mass is 10.2. The van der Waals surface area contributed by atoms with Crippen LogP contribution < -0.4 is 0 Å². The molecule has 3 heterocycles. The monoisotopic (exact) mass is 481 g/mol. The van der Waals surface area contributed by atoms with E-state index < -0.39 is 20.0 Å². The van der Waals surface area contributed by atoms with Crippen molar-refractivity contribution in [3.63, 3.8) is 0 Å². The minimum absolute atomic E-state index is 0.134. The summed E-state index contributed by atoms with van der Waals surface area (Å²) in [5, 5.41) is 3.93. The number of benzene rings is 1. The Hall–Kier alpha value is -2.28. The third-order valence-electron chi connectivity index (χ3n) is 5.87. The number of nitrogens with zero attached hydrogens (tertiary/aromatic N) is 5. The van der Waals surface area contributed by atoms with Crippen LogP contribution in [0.3, 0.4) is 0 Å². The first-order valence-corrected chi connectivity index (χ1v) is 13.5. The highest BCUT2D eigenvalue weighted by molar-refractivity contribution is 7.89. The average Bonchev–Trinajstić information content (AvgIpc) is 3.41. The molecule has 174 valence electrons. The average molecular weight is 482 g/mol. The second-order valence-electron chi connectivity index (χ2n) is 8.04. The maximum Gasteiger partial charge on any atom is 0.253 e. The number of sulfonamides is 2. The first kappa shape index (κ1) is 22.9. The number of carbonyl (C=O) groups is 1. The van der Waals surface area contributed by atoms with E-state index in [9.17, 15) is 21.6 Å². The minimum atomic E-state index is -3.67. The van der Waals surface area contributed by atoms with Gasteiger partial charge in [0.1, 0.15) is 4.90 Å². The number of aryl methyl sites for hydroxylation is 1. The summed E-state index contributed by atoms with van der Waals surface area (Å²) in [6.07, 6.45) is 5.00. The van der Waals surface area contributed by atoms with Crippen molar-refractivity contribution in [1.82, 2.24) is 23.3 Å².